The lowest BCUT2D eigenvalue weighted by Gasteiger charge is -2.28. The SMILES string of the molecule is CCc1nn(C)c(CC2(C(=O)O)CCCCCC2)c1Br. The van der Waals surface area contributed by atoms with Gasteiger partial charge in [0.05, 0.1) is 21.3 Å². The molecule has 1 aromatic rings. The van der Waals surface area contributed by atoms with Crippen molar-refractivity contribution in [3.63, 3.8) is 0 Å². The van der Waals surface area contributed by atoms with Crippen LogP contribution >= 0.6 is 15.9 Å². The second-order valence-corrected chi connectivity index (χ2v) is 6.65. The Hall–Kier alpha value is -0.840. The number of aromatic nitrogens is 2. The van der Waals surface area contributed by atoms with Gasteiger partial charge in [0.1, 0.15) is 0 Å². The van der Waals surface area contributed by atoms with Crippen LogP contribution in [-0.4, -0.2) is 20.9 Å². The summed E-state index contributed by atoms with van der Waals surface area (Å²) in [6, 6.07) is 0. The summed E-state index contributed by atoms with van der Waals surface area (Å²) in [5.41, 5.74) is 1.42. The summed E-state index contributed by atoms with van der Waals surface area (Å²) in [5, 5.41) is 14.3. The zero-order valence-corrected chi connectivity index (χ0v) is 13.9. The van der Waals surface area contributed by atoms with E-state index in [1.807, 2.05) is 11.7 Å². The van der Waals surface area contributed by atoms with Crippen LogP contribution in [0.1, 0.15) is 56.8 Å². The number of rotatable bonds is 4. The first-order valence-electron chi connectivity index (χ1n) is 7.44. The minimum Gasteiger partial charge on any atom is -0.481 e. The summed E-state index contributed by atoms with van der Waals surface area (Å²) in [4.78, 5) is 11.9. The van der Waals surface area contributed by atoms with Crippen molar-refractivity contribution in [2.45, 2.75) is 58.3 Å². The predicted octanol–water partition coefficient (Wildman–Crippen LogP) is 3.71. The van der Waals surface area contributed by atoms with Crippen LogP contribution in [0.25, 0.3) is 0 Å². The summed E-state index contributed by atoms with van der Waals surface area (Å²) in [6.45, 7) is 2.06. The molecule has 0 bridgehead atoms. The average molecular weight is 343 g/mol. The highest BCUT2D eigenvalue weighted by Crippen LogP contribution is 2.40. The Labute approximate surface area is 128 Å². The van der Waals surface area contributed by atoms with Crippen molar-refractivity contribution in [3.8, 4) is 0 Å². The molecule has 4 nitrogen and oxygen atoms in total. The maximum atomic E-state index is 11.9. The molecule has 0 radical (unpaired) electrons. The quantitative estimate of drug-likeness (QED) is 0.848. The molecule has 1 aliphatic rings. The van der Waals surface area contributed by atoms with Crippen molar-refractivity contribution in [1.82, 2.24) is 9.78 Å². The number of aryl methyl sites for hydroxylation is 2. The third kappa shape index (κ3) is 2.92. The maximum absolute atomic E-state index is 11.9. The highest BCUT2D eigenvalue weighted by Gasteiger charge is 2.40. The fraction of sp³-hybridized carbons (Fsp3) is 0.733. The van der Waals surface area contributed by atoms with Crippen molar-refractivity contribution in [1.29, 1.82) is 0 Å². The van der Waals surface area contributed by atoms with Gasteiger partial charge in [0, 0.05) is 13.5 Å². The Morgan fingerprint density at radius 3 is 2.40 bits per heavy atom. The van der Waals surface area contributed by atoms with E-state index in [2.05, 4.69) is 28.0 Å². The van der Waals surface area contributed by atoms with Gasteiger partial charge in [-0.05, 0) is 35.2 Å². The number of aliphatic carboxylic acids is 1. The van der Waals surface area contributed by atoms with Crippen LogP contribution in [0.15, 0.2) is 4.47 Å². The van der Waals surface area contributed by atoms with Gasteiger partial charge < -0.3 is 5.11 Å². The van der Waals surface area contributed by atoms with E-state index in [4.69, 9.17) is 0 Å². The molecule has 0 unspecified atom stereocenters. The molecule has 0 amide bonds. The monoisotopic (exact) mass is 342 g/mol. The fourth-order valence-electron chi connectivity index (χ4n) is 3.20. The summed E-state index contributed by atoms with van der Waals surface area (Å²) in [6.07, 6.45) is 7.33. The average Bonchev–Trinajstić information content (AvgIpc) is 2.62. The van der Waals surface area contributed by atoms with Crippen LogP contribution in [0.2, 0.25) is 0 Å². The summed E-state index contributed by atoms with van der Waals surface area (Å²) in [5.74, 6) is -0.648. The third-order valence-electron chi connectivity index (χ3n) is 4.52. The van der Waals surface area contributed by atoms with E-state index in [0.717, 1.165) is 60.8 Å². The molecule has 1 fully saturated rings. The standard InChI is InChI=1S/C15H23BrN2O2/c1-3-11-13(16)12(18(2)17-11)10-15(14(19)20)8-6-4-5-7-9-15/h3-10H2,1-2H3,(H,19,20). The molecule has 1 saturated carbocycles. The van der Waals surface area contributed by atoms with E-state index < -0.39 is 11.4 Å². The Morgan fingerprint density at radius 1 is 1.35 bits per heavy atom. The molecule has 0 aromatic carbocycles. The largest absolute Gasteiger partial charge is 0.481 e. The van der Waals surface area contributed by atoms with Gasteiger partial charge >= 0.3 is 5.97 Å². The summed E-state index contributed by atoms with van der Waals surface area (Å²) in [7, 11) is 1.91. The molecule has 20 heavy (non-hydrogen) atoms. The van der Waals surface area contributed by atoms with Gasteiger partial charge in [0.25, 0.3) is 0 Å². The van der Waals surface area contributed by atoms with Gasteiger partial charge in [-0.1, -0.05) is 32.6 Å². The Morgan fingerprint density at radius 2 is 1.95 bits per heavy atom. The first-order chi connectivity index (χ1) is 9.50. The molecule has 1 aliphatic carbocycles. The van der Waals surface area contributed by atoms with Gasteiger partial charge in [-0.25, -0.2) is 0 Å². The zero-order chi connectivity index (χ0) is 14.8. The molecule has 2 rings (SSSR count). The summed E-state index contributed by atoms with van der Waals surface area (Å²) >= 11 is 3.61. The van der Waals surface area contributed by atoms with Crippen molar-refractivity contribution >= 4 is 21.9 Å². The van der Waals surface area contributed by atoms with E-state index in [9.17, 15) is 9.90 Å². The first-order valence-corrected chi connectivity index (χ1v) is 8.23. The molecular weight excluding hydrogens is 320 g/mol. The maximum Gasteiger partial charge on any atom is 0.310 e. The highest BCUT2D eigenvalue weighted by molar-refractivity contribution is 9.10. The molecule has 1 N–H and O–H groups in total. The molecule has 1 aromatic heterocycles. The Kier molecular flexibility index (Phi) is 4.89. The highest BCUT2D eigenvalue weighted by atomic mass is 79.9. The second kappa shape index (κ2) is 6.29. The molecule has 5 heteroatoms. The van der Waals surface area contributed by atoms with E-state index in [-0.39, 0.29) is 0 Å². The lowest BCUT2D eigenvalue weighted by Crippen LogP contribution is -2.33. The number of carboxylic acids is 1. The van der Waals surface area contributed by atoms with Crippen LogP contribution < -0.4 is 0 Å². The van der Waals surface area contributed by atoms with Gasteiger partial charge in [-0.15, -0.1) is 0 Å². The van der Waals surface area contributed by atoms with Crippen LogP contribution in [0.4, 0.5) is 0 Å². The molecule has 0 aliphatic heterocycles. The fourth-order valence-corrected chi connectivity index (χ4v) is 3.96. The minimum atomic E-state index is -0.648. The third-order valence-corrected chi connectivity index (χ3v) is 5.44. The number of hydrogen-bond acceptors (Lipinski definition) is 2. The zero-order valence-electron chi connectivity index (χ0n) is 12.3. The lowest BCUT2D eigenvalue weighted by atomic mass is 9.76. The smallest absolute Gasteiger partial charge is 0.310 e. The van der Waals surface area contributed by atoms with Crippen LogP contribution in [0.3, 0.4) is 0 Å². The van der Waals surface area contributed by atoms with Gasteiger partial charge in [-0.3, -0.25) is 9.48 Å². The van der Waals surface area contributed by atoms with Crippen LogP contribution in [0.5, 0.6) is 0 Å². The van der Waals surface area contributed by atoms with E-state index in [0.29, 0.717) is 6.42 Å². The minimum absolute atomic E-state index is 0.576. The summed E-state index contributed by atoms with van der Waals surface area (Å²) < 4.78 is 2.84. The molecule has 112 valence electrons. The Bertz CT molecular complexity index is 488. The van der Waals surface area contributed by atoms with Crippen molar-refractivity contribution in [2.24, 2.45) is 12.5 Å². The van der Waals surface area contributed by atoms with E-state index >= 15 is 0 Å². The first kappa shape index (κ1) is 15.5. The number of carboxylic acid groups (broad SMARTS) is 1. The number of nitrogens with zero attached hydrogens (tertiary/aromatic N) is 2. The second-order valence-electron chi connectivity index (χ2n) is 5.86. The van der Waals surface area contributed by atoms with Crippen LogP contribution in [-0.2, 0) is 24.7 Å². The van der Waals surface area contributed by atoms with Crippen molar-refractivity contribution in [2.75, 3.05) is 0 Å². The van der Waals surface area contributed by atoms with Gasteiger partial charge in [-0.2, -0.15) is 5.10 Å². The lowest BCUT2D eigenvalue weighted by molar-refractivity contribution is -0.150. The number of halogens is 1. The molecule has 0 spiro atoms. The Balaban J connectivity index is 2.33. The molecule has 0 saturated heterocycles. The molecule has 1 heterocycles. The van der Waals surface area contributed by atoms with E-state index in [1.54, 1.807) is 0 Å². The van der Waals surface area contributed by atoms with E-state index in [1.165, 1.54) is 0 Å². The number of carbonyl (C=O) groups is 1. The van der Waals surface area contributed by atoms with Gasteiger partial charge in [0.2, 0.25) is 0 Å². The van der Waals surface area contributed by atoms with Crippen molar-refractivity contribution < 1.29 is 9.90 Å². The predicted molar refractivity (Wildman–Crippen MR) is 81.8 cm³/mol. The van der Waals surface area contributed by atoms with Crippen molar-refractivity contribution in [3.05, 3.63) is 15.9 Å². The molecule has 0 atom stereocenters. The molecular formula is C15H23BrN2O2. The topological polar surface area (TPSA) is 55.1 Å². The van der Waals surface area contributed by atoms with Crippen LogP contribution in [0, 0.1) is 5.41 Å². The van der Waals surface area contributed by atoms with Gasteiger partial charge in [0.15, 0.2) is 0 Å². The normalized spacial score (nSPS) is 18.8. The number of hydrogen-bond donors (Lipinski definition) is 1.